The van der Waals surface area contributed by atoms with E-state index < -0.39 is 0 Å². The summed E-state index contributed by atoms with van der Waals surface area (Å²) in [7, 11) is 0. The number of nitrogens with zero attached hydrogens (tertiary/aromatic N) is 3. The monoisotopic (exact) mass is 641 g/mol. The number of benzene rings is 7. The number of para-hydroxylation sites is 2. The summed E-state index contributed by atoms with van der Waals surface area (Å²) in [5.74, 6) is 1.74. The van der Waals surface area contributed by atoms with E-state index in [1.54, 1.807) is 0 Å². The second kappa shape index (κ2) is 11.4. The fourth-order valence-corrected chi connectivity index (χ4v) is 7.09. The van der Waals surface area contributed by atoms with Gasteiger partial charge >= 0.3 is 0 Å². The van der Waals surface area contributed by atoms with Gasteiger partial charge in [0.1, 0.15) is 22.3 Å². The van der Waals surface area contributed by atoms with Gasteiger partial charge in [-0.05, 0) is 23.3 Å². The normalized spacial score (nSPS) is 11.6. The van der Waals surface area contributed by atoms with Crippen molar-refractivity contribution >= 4 is 43.9 Å². The van der Waals surface area contributed by atoms with Gasteiger partial charge in [0, 0.05) is 49.4 Å². The molecule has 0 bridgehead atoms. The summed E-state index contributed by atoms with van der Waals surface area (Å²) in [6.07, 6.45) is 0. The molecule has 0 fully saturated rings. The van der Waals surface area contributed by atoms with Gasteiger partial charge in [0.05, 0.1) is 0 Å². The lowest BCUT2D eigenvalue weighted by Crippen LogP contribution is -2.00. The van der Waals surface area contributed by atoms with Gasteiger partial charge in [-0.2, -0.15) is 0 Å². The van der Waals surface area contributed by atoms with Crippen LogP contribution in [0.2, 0.25) is 0 Å². The molecule has 0 spiro atoms. The summed E-state index contributed by atoms with van der Waals surface area (Å²) in [5.41, 5.74) is 10.2. The first-order valence-electron chi connectivity index (χ1n) is 16.6. The maximum atomic E-state index is 6.59. The number of rotatable bonds is 5. The molecular weight excluding hydrogens is 615 g/mol. The molecule has 5 heteroatoms. The Kier molecular flexibility index (Phi) is 6.42. The topological polar surface area (TPSA) is 65.0 Å². The third kappa shape index (κ3) is 4.52. The van der Waals surface area contributed by atoms with Gasteiger partial charge < -0.3 is 8.83 Å². The fraction of sp³-hybridized carbons (Fsp3) is 0. The fourth-order valence-electron chi connectivity index (χ4n) is 7.09. The largest absolute Gasteiger partial charge is 0.455 e. The number of furan rings is 2. The smallest absolute Gasteiger partial charge is 0.164 e. The average molecular weight is 642 g/mol. The molecule has 0 aliphatic heterocycles. The third-order valence-corrected chi connectivity index (χ3v) is 9.36. The first-order valence-corrected chi connectivity index (χ1v) is 16.6. The van der Waals surface area contributed by atoms with Gasteiger partial charge in [-0.25, -0.2) is 15.0 Å². The number of fused-ring (bicyclic) bond motifs is 6. The van der Waals surface area contributed by atoms with Gasteiger partial charge in [-0.15, -0.1) is 0 Å². The molecule has 0 saturated heterocycles. The SMILES string of the molecule is c1ccc(-c2nc(-c3cccc4oc5c(-c6ccccc6)cccc5c34)nc(-c3cccc4oc5c(-c6ccccc6)cccc5c34)n2)cc1. The van der Waals surface area contributed by atoms with Crippen molar-refractivity contribution in [3.05, 3.63) is 164 Å². The van der Waals surface area contributed by atoms with Crippen molar-refractivity contribution in [2.75, 3.05) is 0 Å². The lowest BCUT2D eigenvalue weighted by atomic mass is 10.00. The van der Waals surface area contributed by atoms with Crippen LogP contribution < -0.4 is 0 Å². The van der Waals surface area contributed by atoms with Crippen molar-refractivity contribution in [2.45, 2.75) is 0 Å². The van der Waals surface area contributed by atoms with Crippen molar-refractivity contribution in [1.29, 1.82) is 0 Å². The van der Waals surface area contributed by atoms with Crippen LogP contribution in [0.1, 0.15) is 0 Å². The summed E-state index contributed by atoms with van der Waals surface area (Å²) < 4.78 is 13.2. The predicted molar refractivity (Wildman–Crippen MR) is 202 cm³/mol. The van der Waals surface area contributed by atoms with E-state index in [1.165, 1.54) is 0 Å². The molecule has 0 aliphatic carbocycles. The van der Waals surface area contributed by atoms with E-state index in [-0.39, 0.29) is 0 Å². The van der Waals surface area contributed by atoms with Crippen molar-refractivity contribution in [3.8, 4) is 56.4 Å². The summed E-state index contributed by atoms with van der Waals surface area (Å²) in [6.45, 7) is 0. The van der Waals surface area contributed by atoms with E-state index in [1.807, 2.05) is 91.0 Å². The third-order valence-electron chi connectivity index (χ3n) is 9.36. The van der Waals surface area contributed by atoms with Crippen LogP contribution in [0.25, 0.3) is 100 Å². The Morgan fingerprint density at radius 1 is 0.300 bits per heavy atom. The van der Waals surface area contributed by atoms with Crippen molar-refractivity contribution < 1.29 is 8.83 Å². The highest BCUT2D eigenvalue weighted by Gasteiger charge is 2.22. The zero-order chi connectivity index (χ0) is 33.0. The van der Waals surface area contributed by atoms with Crippen LogP contribution in [-0.2, 0) is 0 Å². The van der Waals surface area contributed by atoms with Crippen LogP contribution in [-0.4, -0.2) is 15.0 Å². The summed E-state index contributed by atoms with van der Waals surface area (Å²) in [5, 5.41) is 3.96. The van der Waals surface area contributed by atoms with Crippen LogP contribution in [0.15, 0.2) is 173 Å². The molecule has 10 aromatic rings. The molecule has 7 aromatic carbocycles. The maximum Gasteiger partial charge on any atom is 0.164 e. The molecule has 50 heavy (non-hydrogen) atoms. The average Bonchev–Trinajstić information content (AvgIpc) is 3.78. The van der Waals surface area contributed by atoms with E-state index in [0.717, 1.165) is 82.8 Å². The highest BCUT2D eigenvalue weighted by Crippen LogP contribution is 2.42. The van der Waals surface area contributed by atoms with E-state index in [0.29, 0.717) is 17.5 Å². The maximum absolute atomic E-state index is 6.59. The van der Waals surface area contributed by atoms with E-state index >= 15 is 0 Å². The molecule has 0 radical (unpaired) electrons. The summed E-state index contributed by atoms with van der Waals surface area (Å²) in [4.78, 5) is 15.5. The molecule has 0 unspecified atom stereocenters. The minimum absolute atomic E-state index is 0.571. The molecule has 3 aromatic heterocycles. The quantitative estimate of drug-likeness (QED) is 0.187. The Morgan fingerprint density at radius 3 is 1.14 bits per heavy atom. The van der Waals surface area contributed by atoms with Crippen LogP contribution >= 0.6 is 0 Å². The minimum atomic E-state index is 0.571. The van der Waals surface area contributed by atoms with Crippen molar-refractivity contribution in [2.24, 2.45) is 0 Å². The van der Waals surface area contributed by atoms with Crippen molar-refractivity contribution in [3.63, 3.8) is 0 Å². The van der Waals surface area contributed by atoms with E-state index in [9.17, 15) is 0 Å². The molecular formula is C45H27N3O2. The van der Waals surface area contributed by atoms with Gasteiger partial charge in [-0.1, -0.05) is 152 Å². The zero-order valence-corrected chi connectivity index (χ0v) is 26.7. The molecule has 0 saturated carbocycles. The Morgan fingerprint density at radius 2 is 0.680 bits per heavy atom. The highest BCUT2D eigenvalue weighted by atomic mass is 16.3. The Balaban J connectivity index is 1.23. The number of aromatic nitrogens is 3. The standard InChI is InChI=1S/C45H27N3O2/c1-4-14-28(15-5-1)31-20-10-22-33-39-35(24-12-26-37(39)49-41(31)33)44-46-43(30-18-8-3-9-19-30)47-45(48-44)36-25-13-27-38-40(36)34-23-11-21-32(42(34)50-38)29-16-6-2-7-17-29/h1-27H. The van der Waals surface area contributed by atoms with Gasteiger partial charge in [0.25, 0.3) is 0 Å². The molecule has 0 N–H and O–H groups in total. The highest BCUT2D eigenvalue weighted by molar-refractivity contribution is 6.16. The molecule has 234 valence electrons. The Hall–Kier alpha value is -6.85. The molecule has 0 amide bonds. The first-order chi connectivity index (χ1) is 24.8. The molecule has 0 atom stereocenters. The molecule has 10 rings (SSSR count). The minimum Gasteiger partial charge on any atom is -0.455 e. The van der Waals surface area contributed by atoms with Crippen LogP contribution in [0.3, 0.4) is 0 Å². The van der Waals surface area contributed by atoms with Crippen molar-refractivity contribution in [1.82, 2.24) is 15.0 Å². The molecule has 5 nitrogen and oxygen atoms in total. The summed E-state index contributed by atoms with van der Waals surface area (Å²) >= 11 is 0. The molecule has 3 heterocycles. The first kappa shape index (κ1) is 28.2. The Labute approximate surface area is 287 Å². The van der Waals surface area contributed by atoms with Gasteiger partial charge in [-0.3, -0.25) is 0 Å². The van der Waals surface area contributed by atoms with Crippen LogP contribution in [0.5, 0.6) is 0 Å². The van der Waals surface area contributed by atoms with E-state index in [4.69, 9.17) is 23.8 Å². The second-order valence-electron chi connectivity index (χ2n) is 12.3. The van der Waals surface area contributed by atoms with E-state index in [2.05, 4.69) is 72.8 Å². The zero-order valence-electron chi connectivity index (χ0n) is 26.7. The second-order valence-corrected chi connectivity index (χ2v) is 12.3. The van der Waals surface area contributed by atoms with Crippen LogP contribution in [0.4, 0.5) is 0 Å². The lowest BCUT2D eigenvalue weighted by molar-refractivity contribution is 0.669. The van der Waals surface area contributed by atoms with Gasteiger partial charge in [0.15, 0.2) is 17.5 Å². The number of hydrogen-bond donors (Lipinski definition) is 0. The summed E-state index contributed by atoms with van der Waals surface area (Å²) in [6, 6.07) is 55.5. The van der Waals surface area contributed by atoms with Gasteiger partial charge in [0.2, 0.25) is 0 Å². The molecule has 0 aliphatic rings. The number of hydrogen-bond acceptors (Lipinski definition) is 5. The van der Waals surface area contributed by atoms with Crippen LogP contribution in [0, 0.1) is 0 Å². The predicted octanol–water partition coefficient (Wildman–Crippen LogP) is 12.0. The Bertz CT molecular complexity index is 2680. The lowest BCUT2D eigenvalue weighted by Gasteiger charge is -2.10.